The summed E-state index contributed by atoms with van der Waals surface area (Å²) in [7, 11) is 0. The van der Waals surface area contributed by atoms with E-state index in [2.05, 4.69) is 83.7 Å². The molecule has 0 bridgehead atoms. The van der Waals surface area contributed by atoms with Gasteiger partial charge in [0.05, 0.1) is 0 Å². The Balaban J connectivity index is 1.57. The summed E-state index contributed by atoms with van der Waals surface area (Å²) >= 11 is -3.49. The molecule has 26 heavy (non-hydrogen) atoms. The molecule has 0 nitrogen and oxygen atoms in total. The molecular formula is C24H38Ge2. The average molecular weight is 472 g/mol. The second-order valence-corrected chi connectivity index (χ2v) is 29.5. The van der Waals surface area contributed by atoms with Crippen molar-refractivity contribution in [3.8, 4) is 0 Å². The molecule has 2 heteroatoms. The van der Waals surface area contributed by atoms with Gasteiger partial charge in [0.2, 0.25) is 0 Å². The Morgan fingerprint density at radius 3 is 1.12 bits per heavy atom. The summed E-state index contributed by atoms with van der Waals surface area (Å²) in [5.74, 6) is 10.3. The van der Waals surface area contributed by atoms with Gasteiger partial charge in [-0.3, -0.25) is 0 Å². The maximum absolute atomic E-state index is 2.58. The molecule has 0 fully saturated rings. The third kappa shape index (κ3) is 7.27. The molecule has 0 saturated carbocycles. The molecule has 0 saturated heterocycles. The summed E-state index contributed by atoms with van der Waals surface area (Å²) in [6, 6.07) is 22.6. The molecule has 0 spiro atoms. The Morgan fingerprint density at radius 1 is 0.462 bits per heavy atom. The summed E-state index contributed by atoms with van der Waals surface area (Å²) in [5.41, 5.74) is 0. The molecule has 0 aliphatic rings. The van der Waals surface area contributed by atoms with E-state index in [1.165, 1.54) is 49.0 Å². The first kappa shape index (κ1) is 21.8. The second kappa shape index (κ2) is 10.8. The number of hydrogen-bond acceptors (Lipinski definition) is 0. The molecule has 0 unspecified atom stereocenters. The van der Waals surface area contributed by atoms with Crippen LogP contribution in [0, 0.1) is 0 Å². The fourth-order valence-corrected chi connectivity index (χ4v) is 14.5. The van der Waals surface area contributed by atoms with Crippen LogP contribution in [0.25, 0.3) is 0 Å². The van der Waals surface area contributed by atoms with Crippen molar-refractivity contribution in [2.45, 2.75) is 72.1 Å². The van der Waals surface area contributed by atoms with Crippen molar-refractivity contribution >= 4 is 35.3 Å². The van der Waals surface area contributed by atoms with Crippen LogP contribution in [0.5, 0.6) is 0 Å². The van der Waals surface area contributed by atoms with E-state index in [1.807, 2.05) is 0 Å². The molecule has 142 valence electrons. The fraction of sp³-hybridized carbons (Fsp3) is 0.500. The zero-order chi connectivity index (χ0) is 18.9. The Labute approximate surface area is 167 Å². The summed E-state index contributed by atoms with van der Waals surface area (Å²) in [4.78, 5) is 0. The minimum atomic E-state index is -1.74. The van der Waals surface area contributed by atoms with E-state index < -0.39 is 26.5 Å². The van der Waals surface area contributed by atoms with Crippen LogP contribution in [0.15, 0.2) is 60.7 Å². The van der Waals surface area contributed by atoms with Gasteiger partial charge < -0.3 is 0 Å². The molecule has 2 aromatic rings. The zero-order valence-corrected chi connectivity index (χ0v) is 21.6. The molecular weight excluding hydrogens is 433 g/mol. The summed E-state index contributed by atoms with van der Waals surface area (Å²) < 4.78 is 3.34. The topological polar surface area (TPSA) is 0 Å². The Morgan fingerprint density at radius 2 is 0.769 bits per heavy atom. The van der Waals surface area contributed by atoms with Gasteiger partial charge in [-0.05, 0) is 0 Å². The molecule has 2 rings (SSSR count). The number of hydrogen-bond donors (Lipinski definition) is 0. The predicted octanol–water partition coefficient (Wildman–Crippen LogP) is 6.56. The third-order valence-electron chi connectivity index (χ3n) is 5.96. The van der Waals surface area contributed by atoms with Crippen LogP contribution in [0.2, 0.25) is 33.5 Å². The van der Waals surface area contributed by atoms with Gasteiger partial charge >= 0.3 is 168 Å². The number of benzene rings is 2. The second-order valence-electron chi connectivity index (χ2n) is 9.12. The SMILES string of the molecule is [CH3][Ge]([CH3])([CH2]CCCCCC[CH2][Ge]([CH3])([CH3])[c]1ccccc1)[c]1ccccc1. The molecule has 0 radical (unpaired) electrons. The van der Waals surface area contributed by atoms with Crippen LogP contribution in [-0.2, 0) is 0 Å². The van der Waals surface area contributed by atoms with Crippen molar-refractivity contribution in [2.75, 3.05) is 0 Å². The van der Waals surface area contributed by atoms with Crippen LogP contribution in [0.3, 0.4) is 0 Å². The monoisotopic (exact) mass is 474 g/mol. The van der Waals surface area contributed by atoms with E-state index in [0.717, 1.165) is 0 Å². The Hall–Kier alpha value is -0.474. The molecule has 0 aliphatic heterocycles. The zero-order valence-electron chi connectivity index (χ0n) is 17.4. The van der Waals surface area contributed by atoms with E-state index >= 15 is 0 Å². The van der Waals surface area contributed by atoms with Crippen molar-refractivity contribution < 1.29 is 0 Å². The summed E-state index contributed by atoms with van der Waals surface area (Å²) in [6.45, 7) is 0. The summed E-state index contributed by atoms with van der Waals surface area (Å²) in [6.07, 6.45) is 8.62. The first-order valence-electron chi connectivity index (χ1n) is 10.5. The van der Waals surface area contributed by atoms with Crippen LogP contribution < -0.4 is 8.79 Å². The van der Waals surface area contributed by atoms with Crippen LogP contribution >= 0.6 is 0 Å². The van der Waals surface area contributed by atoms with Gasteiger partial charge in [0.15, 0.2) is 0 Å². The molecule has 0 aliphatic carbocycles. The van der Waals surface area contributed by atoms with Crippen molar-refractivity contribution in [1.29, 1.82) is 0 Å². The van der Waals surface area contributed by atoms with E-state index in [0.29, 0.717) is 0 Å². The quantitative estimate of drug-likeness (QED) is 0.257. The fourth-order valence-electron chi connectivity index (χ4n) is 3.91. The first-order valence-corrected chi connectivity index (χ1v) is 24.0. The molecule has 0 aromatic heterocycles. The minimum absolute atomic E-state index is 1.44. The average Bonchev–Trinajstić information content (AvgIpc) is 2.65. The molecule has 0 atom stereocenters. The van der Waals surface area contributed by atoms with E-state index in [1.54, 1.807) is 8.79 Å². The van der Waals surface area contributed by atoms with E-state index in [-0.39, 0.29) is 0 Å². The van der Waals surface area contributed by atoms with Gasteiger partial charge in [0, 0.05) is 0 Å². The van der Waals surface area contributed by atoms with Gasteiger partial charge in [-0.15, -0.1) is 0 Å². The van der Waals surface area contributed by atoms with Gasteiger partial charge in [-0.25, -0.2) is 0 Å². The Bertz CT molecular complexity index is 560. The standard InChI is InChI=1S/C24H38Ge2/c1-25(2,23-17-11-9-12-18-23)21-15-7-5-6-8-16-22-26(3,4)24-19-13-10-14-20-24/h9-14,17-20H,5-8,15-16,21-22H2,1-4H3. The number of unbranched alkanes of at least 4 members (excludes halogenated alkanes) is 5. The van der Waals surface area contributed by atoms with Crippen molar-refractivity contribution in [3.63, 3.8) is 0 Å². The predicted molar refractivity (Wildman–Crippen MR) is 124 cm³/mol. The first-order chi connectivity index (χ1) is 12.4. The Kier molecular flexibility index (Phi) is 9.03. The van der Waals surface area contributed by atoms with Gasteiger partial charge in [-0.1, -0.05) is 0 Å². The normalized spacial score (nSPS) is 12.3. The van der Waals surface area contributed by atoms with Crippen molar-refractivity contribution in [1.82, 2.24) is 0 Å². The van der Waals surface area contributed by atoms with E-state index in [4.69, 9.17) is 0 Å². The van der Waals surface area contributed by atoms with Crippen LogP contribution in [0.4, 0.5) is 0 Å². The third-order valence-corrected chi connectivity index (χ3v) is 20.6. The van der Waals surface area contributed by atoms with Crippen molar-refractivity contribution in [2.24, 2.45) is 0 Å². The van der Waals surface area contributed by atoms with Gasteiger partial charge in [-0.2, -0.15) is 0 Å². The van der Waals surface area contributed by atoms with Gasteiger partial charge in [0.1, 0.15) is 0 Å². The molecule has 0 heterocycles. The molecule has 2 aromatic carbocycles. The van der Waals surface area contributed by atoms with Gasteiger partial charge in [0.25, 0.3) is 0 Å². The van der Waals surface area contributed by atoms with Crippen LogP contribution in [-0.4, -0.2) is 26.5 Å². The van der Waals surface area contributed by atoms with E-state index in [9.17, 15) is 0 Å². The molecule has 0 N–H and O–H groups in total. The van der Waals surface area contributed by atoms with Crippen molar-refractivity contribution in [3.05, 3.63) is 60.7 Å². The van der Waals surface area contributed by atoms with Crippen LogP contribution in [0.1, 0.15) is 38.5 Å². The summed E-state index contributed by atoms with van der Waals surface area (Å²) in [5, 5.41) is 2.97. The maximum atomic E-state index is 2.58. The molecule has 0 amide bonds. The number of rotatable bonds is 11.